The molecule has 69 heavy (non-hydrogen) atoms. The smallest absolute Gasteiger partial charge is 0.0619 e. The molecule has 0 amide bonds. The number of benzene rings is 11. The Hall–Kier alpha value is -8.06. The maximum atomic E-state index is 2.59. The minimum absolute atomic E-state index is 0.429. The average Bonchev–Trinajstić information content (AvgIpc) is 3.95. The zero-order valence-corrected chi connectivity index (χ0v) is 39.3. The van der Waals surface area contributed by atoms with Gasteiger partial charge in [-0.15, -0.1) is 0 Å². The molecule has 4 aliphatic rings. The van der Waals surface area contributed by atoms with Crippen molar-refractivity contribution in [2.75, 3.05) is 0 Å². The predicted octanol–water partition coefficient (Wildman–Crippen LogP) is 17.2. The maximum absolute atomic E-state index is 2.59. The summed E-state index contributed by atoms with van der Waals surface area (Å²) in [5, 5.41) is 5.08. The topological polar surface area (TPSA) is 0 Å². The number of aryl methyl sites for hydroxylation is 4. The highest BCUT2D eigenvalue weighted by Gasteiger charge is 2.53. The quantitative estimate of drug-likeness (QED) is 0.152. The summed E-state index contributed by atoms with van der Waals surface area (Å²) in [6, 6.07) is 80.3. The fourth-order valence-corrected chi connectivity index (χ4v) is 14.1. The molecule has 0 bridgehead atoms. The number of rotatable bonds is 2. The Bertz CT molecular complexity index is 3940. The lowest BCUT2D eigenvalue weighted by atomic mass is 9.61. The fraction of sp³-hybridized carbons (Fsp3) is 0.101. The third kappa shape index (κ3) is 4.93. The lowest BCUT2D eigenvalue weighted by molar-refractivity contribution is 0.720. The van der Waals surface area contributed by atoms with E-state index in [2.05, 4.69) is 234 Å². The summed E-state index contributed by atoms with van der Waals surface area (Å²) in [4.78, 5) is 0. The zero-order chi connectivity index (χ0) is 45.9. The van der Waals surface area contributed by atoms with Crippen LogP contribution in [0.25, 0.3) is 77.2 Å². The minimum Gasteiger partial charge on any atom is -0.0619 e. The van der Waals surface area contributed by atoms with Crippen LogP contribution in [0.4, 0.5) is 0 Å². The van der Waals surface area contributed by atoms with Gasteiger partial charge in [-0.2, -0.15) is 0 Å². The normalized spacial score (nSPS) is 14.6. The monoisotopic (exact) mass is 876 g/mol. The van der Waals surface area contributed by atoms with Crippen LogP contribution < -0.4 is 0 Å². The predicted molar refractivity (Wildman–Crippen MR) is 288 cm³/mol. The summed E-state index contributed by atoms with van der Waals surface area (Å²) in [7, 11) is 0. The van der Waals surface area contributed by atoms with E-state index in [-0.39, 0.29) is 0 Å². The van der Waals surface area contributed by atoms with E-state index in [4.69, 9.17) is 0 Å². The highest BCUT2D eigenvalue weighted by molar-refractivity contribution is 6.22. The van der Waals surface area contributed by atoms with Crippen molar-refractivity contribution >= 4 is 21.5 Å². The largest absolute Gasteiger partial charge is 0.0725 e. The molecule has 0 saturated carbocycles. The standard InChI is InChI=1S/C69H48/c1-40-21-25-44-37-45-26-22-41(2)34-61(45)68(60(44)33-40)58-19-11-9-13-48(58)52-31-27-46(38-64(52)68)66-54-15-5-7-17-56(54)67(57-18-8-6-16-55(57)66)47-28-32-53-49-14-10-12-20-59(49)69(65(53)39-47)62-35-42(3)23-29-50(62)51-30-24-43(4)36-63(51)69/h5-36,38-39H,37H2,1-4H3. The second kappa shape index (κ2) is 13.8. The summed E-state index contributed by atoms with van der Waals surface area (Å²) >= 11 is 0. The molecule has 0 atom stereocenters. The Labute approximate surface area is 404 Å². The van der Waals surface area contributed by atoms with Gasteiger partial charge in [0.25, 0.3) is 0 Å². The van der Waals surface area contributed by atoms with Gasteiger partial charge in [-0.05, 0) is 179 Å². The molecule has 11 aromatic rings. The third-order valence-corrected chi connectivity index (χ3v) is 16.8. The summed E-state index contributed by atoms with van der Waals surface area (Å²) in [5.74, 6) is 0. The van der Waals surface area contributed by atoms with Gasteiger partial charge >= 0.3 is 0 Å². The molecule has 15 rings (SSSR count). The molecule has 0 heterocycles. The number of hydrogen-bond donors (Lipinski definition) is 0. The molecule has 0 fully saturated rings. The Morgan fingerprint density at radius 2 is 0.565 bits per heavy atom. The highest BCUT2D eigenvalue weighted by atomic mass is 14.5. The van der Waals surface area contributed by atoms with Crippen molar-refractivity contribution in [1.29, 1.82) is 0 Å². The number of fused-ring (bicyclic) bond motifs is 21. The molecule has 324 valence electrons. The SMILES string of the molecule is Cc1ccc2c(c1)C1(c3cc(C)ccc3C2)c2ccccc2-c2ccc(-c3c4ccccc4c(-c4ccc5c(c4)C4(c6ccccc6-5)c5cc(C)ccc5-c5ccc(C)cc54)c4ccccc34)cc21. The van der Waals surface area contributed by atoms with Gasteiger partial charge in [0.15, 0.2) is 0 Å². The van der Waals surface area contributed by atoms with Crippen LogP contribution >= 0.6 is 0 Å². The second-order valence-corrected chi connectivity index (χ2v) is 20.5. The average molecular weight is 877 g/mol. The van der Waals surface area contributed by atoms with E-state index in [0.717, 1.165) is 6.42 Å². The van der Waals surface area contributed by atoms with Crippen molar-refractivity contribution in [3.63, 3.8) is 0 Å². The van der Waals surface area contributed by atoms with Gasteiger partial charge in [-0.3, -0.25) is 0 Å². The summed E-state index contributed by atoms with van der Waals surface area (Å²) in [5.41, 5.74) is 31.3. The molecular formula is C69H48. The Morgan fingerprint density at radius 3 is 0.986 bits per heavy atom. The first-order chi connectivity index (χ1) is 33.8. The van der Waals surface area contributed by atoms with Gasteiger partial charge < -0.3 is 0 Å². The van der Waals surface area contributed by atoms with Crippen molar-refractivity contribution in [3.8, 4) is 55.6 Å². The van der Waals surface area contributed by atoms with Gasteiger partial charge in [0.05, 0.1) is 10.8 Å². The van der Waals surface area contributed by atoms with Gasteiger partial charge in [0, 0.05) is 0 Å². The van der Waals surface area contributed by atoms with E-state index >= 15 is 0 Å². The van der Waals surface area contributed by atoms with E-state index in [0.29, 0.717) is 0 Å². The van der Waals surface area contributed by atoms with Crippen LogP contribution in [0.3, 0.4) is 0 Å². The Morgan fingerprint density at radius 1 is 0.261 bits per heavy atom. The van der Waals surface area contributed by atoms with Gasteiger partial charge in [-0.25, -0.2) is 0 Å². The molecule has 0 N–H and O–H groups in total. The molecule has 0 saturated heterocycles. The Kier molecular flexibility index (Phi) is 7.78. The van der Waals surface area contributed by atoms with Crippen LogP contribution in [0.15, 0.2) is 206 Å². The lowest BCUT2D eigenvalue weighted by Gasteiger charge is -2.41. The first kappa shape index (κ1) is 39.0. The molecule has 4 aliphatic carbocycles. The van der Waals surface area contributed by atoms with E-state index in [1.165, 1.54) is 155 Å². The van der Waals surface area contributed by atoms with Crippen molar-refractivity contribution in [2.24, 2.45) is 0 Å². The third-order valence-electron chi connectivity index (χ3n) is 16.8. The van der Waals surface area contributed by atoms with Crippen molar-refractivity contribution in [2.45, 2.75) is 44.9 Å². The lowest BCUT2D eigenvalue weighted by Crippen LogP contribution is -2.34. The molecule has 0 aliphatic heterocycles. The van der Waals surface area contributed by atoms with Crippen LogP contribution in [0.5, 0.6) is 0 Å². The summed E-state index contributed by atoms with van der Waals surface area (Å²) < 4.78 is 0. The zero-order valence-electron chi connectivity index (χ0n) is 39.3. The Balaban J connectivity index is 1.00. The van der Waals surface area contributed by atoms with Gasteiger partial charge in [-0.1, -0.05) is 216 Å². The van der Waals surface area contributed by atoms with Gasteiger partial charge in [0.1, 0.15) is 0 Å². The minimum atomic E-state index is -0.444. The molecular weight excluding hydrogens is 829 g/mol. The van der Waals surface area contributed by atoms with Crippen LogP contribution in [0.2, 0.25) is 0 Å². The molecule has 2 spiro atoms. The summed E-state index contributed by atoms with van der Waals surface area (Å²) in [6.45, 7) is 9.00. The molecule has 0 aromatic heterocycles. The highest BCUT2D eigenvalue weighted by Crippen LogP contribution is 2.64. The van der Waals surface area contributed by atoms with Crippen molar-refractivity contribution in [1.82, 2.24) is 0 Å². The van der Waals surface area contributed by atoms with Crippen LogP contribution in [0.1, 0.15) is 77.9 Å². The summed E-state index contributed by atoms with van der Waals surface area (Å²) in [6.07, 6.45) is 0.940. The van der Waals surface area contributed by atoms with Crippen molar-refractivity contribution in [3.05, 3.63) is 284 Å². The molecule has 0 nitrogen and oxygen atoms in total. The van der Waals surface area contributed by atoms with Crippen LogP contribution in [-0.2, 0) is 17.3 Å². The molecule has 0 unspecified atom stereocenters. The first-order valence-electron chi connectivity index (χ1n) is 24.7. The number of hydrogen-bond acceptors (Lipinski definition) is 0. The fourth-order valence-electron chi connectivity index (χ4n) is 14.1. The van der Waals surface area contributed by atoms with E-state index in [1.54, 1.807) is 0 Å². The molecule has 11 aromatic carbocycles. The van der Waals surface area contributed by atoms with Crippen LogP contribution in [-0.4, -0.2) is 0 Å². The van der Waals surface area contributed by atoms with E-state index < -0.39 is 10.8 Å². The molecule has 0 radical (unpaired) electrons. The first-order valence-corrected chi connectivity index (χ1v) is 24.7. The van der Waals surface area contributed by atoms with Gasteiger partial charge in [0.2, 0.25) is 0 Å². The molecule has 0 heteroatoms. The second-order valence-electron chi connectivity index (χ2n) is 20.5. The van der Waals surface area contributed by atoms with Crippen molar-refractivity contribution < 1.29 is 0 Å². The van der Waals surface area contributed by atoms with E-state index in [1.807, 2.05) is 0 Å². The van der Waals surface area contributed by atoms with E-state index in [9.17, 15) is 0 Å². The maximum Gasteiger partial charge on any atom is 0.0725 e. The van der Waals surface area contributed by atoms with Crippen LogP contribution in [0, 0.1) is 27.7 Å².